The van der Waals surface area contributed by atoms with Crippen molar-refractivity contribution < 1.29 is 24.5 Å². The molecule has 0 unspecified atom stereocenters. The number of carboxylic acids is 1. The molecular formula is C20H30INO5. The molecule has 27 heavy (non-hydrogen) atoms. The number of hydrogen-bond acceptors (Lipinski definition) is 5. The van der Waals surface area contributed by atoms with Gasteiger partial charge in [-0.3, -0.25) is 4.79 Å². The number of aliphatic carboxylic acids is 1. The topological polar surface area (TPSA) is 79.2 Å². The van der Waals surface area contributed by atoms with E-state index in [0.29, 0.717) is 0 Å². The third-order valence-corrected chi connectivity index (χ3v) is 5.59. The van der Waals surface area contributed by atoms with Crippen LogP contribution in [0.25, 0.3) is 0 Å². The maximum Gasteiger partial charge on any atom is 0.300 e. The third kappa shape index (κ3) is 4.51. The molecule has 1 fully saturated rings. The molecule has 2 aliphatic heterocycles. The number of carbonyl (C=O) groups is 1. The van der Waals surface area contributed by atoms with Gasteiger partial charge in [-0.1, -0.05) is 28.7 Å². The van der Waals surface area contributed by atoms with Crippen LogP contribution in [-0.2, 0) is 16.8 Å². The van der Waals surface area contributed by atoms with E-state index in [9.17, 15) is 5.11 Å². The van der Waals surface area contributed by atoms with Crippen LogP contribution in [0.3, 0.4) is 0 Å². The van der Waals surface area contributed by atoms with Gasteiger partial charge in [-0.25, -0.2) is 0 Å². The van der Waals surface area contributed by atoms with E-state index in [1.807, 2.05) is 11.0 Å². The summed E-state index contributed by atoms with van der Waals surface area (Å²) in [6.07, 6.45) is 3.59. The molecule has 1 aliphatic carbocycles. The van der Waals surface area contributed by atoms with Crippen LogP contribution in [0.4, 0.5) is 0 Å². The van der Waals surface area contributed by atoms with Crippen molar-refractivity contribution >= 4 is 28.6 Å². The minimum atomic E-state index is -0.833. The van der Waals surface area contributed by atoms with Gasteiger partial charge in [-0.05, 0) is 49.4 Å². The summed E-state index contributed by atoms with van der Waals surface area (Å²) in [4.78, 5) is 13.4. The standard InChI is InChI=1S/C17H23NO3.C2H4O2.CH3I/c1-18-8-7-17-6-5-12(19)9-14(17)21-16-13(20-2)4-3-11(10-18)15(16)17;1-2(3)4;1-2/h3-4,12,14,19H,5-10H2,1-2H3;1H3,(H,3,4);1H3/t12-,14-,17-;;/m0../s1. The lowest BCUT2D eigenvalue weighted by Crippen LogP contribution is -2.45. The molecule has 152 valence electrons. The number of methoxy groups -OCH3 is 1. The number of hydrogen-bond donors (Lipinski definition) is 2. The van der Waals surface area contributed by atoms with Crippen LogP contribution in [0, 0.1) is 0 Å². The van der Waals surface area contributed by atoms with Crippen LogP contribution >= 0.6 is 22.6 Å². The van der Waals surface area contributed by atoms with Crippen LogP contribution in [0.1, 0.15) is 43.7 Å². The summed E-state index contributed by atoms with van der Waals surface area (Å²) in [5.41, 5.74) is 2.80. The second-order valence-corrected chi connectivity index (χ2v) is 7.33. The quantitative estimate of drug-likeness (QED) is 0.464. The SMILES string of the molecule is CC(=O)O.CI.COc1ccc2c3c1O[C@H]1C[C@@H](O)CC[C@@]31CCN(C)C2. The summed E-state index contributed by atoms with van der Waals surface area (Å²) in [5, 5.41) is 17.5. The first-order valence-electron chi connectivity index (χ1n) is 9.18. The lowest BCUT2D eigenvalue weighted by atomic mass is 9.65. The van der Waals surface area contributed by atoms with E-state index < -0.39 is 5.97 Å². The lowest BCUT2D eigenvalue weighted by molar-refractivity contribution is -0.134. The van der Waals surface area contributed by atoms with Crippen LogP contribution in [0.5, 0.6) is 11.5 Å². The number of ether oxygens (including phenoxy) is 2. The monoisotopic (exact) mass is 491 g/mol. The van der Waals surface area contributed by atoms with Crippen LogP contribution in [-0.4, -0.2) is 58.9 Å². The molecule has 2 N–H and O–H groups in total. The van der Waals surface area contributed by atoms with Crippen molar-refractivity contribution in [3.8, 4) is 11.5 Å². The van der Waals surface area contributed by atoms with Crippen molar-refractivity contribution in [2.45, 2.75) is 56.8 Å². The number of aliphatic hydroxyl groups is 1. The first-order valence-corrected chi connectivity index (χ1v) is 11.3. The highest BCUT2D eigenvalue weighted by atomic mass is 127. The van der Waals surface area contributed by atoms with Gasteiger partial charge in [0.15, 0.2) is 11.5 Å². The summed E-state index contributed by atoms with van der Waals surface area (Å²) >= 11 is 2.15. The summed E-state index contributed by atoms with van der Waals surface area (Å²) in [5.74, 6) is 0.936. The molecule has 3 aliphatic rings. The normalized spacial score (nSPS) is 28.1. The summed E-state index contributed by atoms with van der Waals surface area (Å²) < 4.78 is 11.8. The Bertz CT molecular complexity index is 664. The van der Waals surface area contributed by atoms with Crippen molar-refractivity contribution in [3.63, 3.8) is 0 Å². The number of alkyl halides is 1. The van der Waals surface area contributed by atoms with Gasteiger partial charge in [0, 0.05) is 30.9 Å². The van der Waals surface area contributed by atoms with E-state index in [2.05, 4.69) is 40.6 Å². The van der Waals surface area contributed by atoms with E-state index >= 15 is 0 Å². The highest BCUT2D eigenvalue weighted by Gasteiger charge is 2.54. The van der Waals surface area contributed by atoms with Crippen molar-refractivity contribution in [2.75, 3.05) is 25.6 Å². The molecule has 7 heteroatoms. The molecule has 0 amide bonds. The lowest BCUT2D eigenvalue weighted by Gasteiger charge is -2.40. The molecule has 0 bridgehead atoms. The number of benzene rings is 1. The maximum absolute atomic E-state index is 10.1. The molecule has 1 aromatic carbocycles. The zero-order chi connectivity index (χ0) is 20.2. The van der Waals surface area contributed by atoms with E-state index in [0.717, 1.165) is 57.2 Å². The van der Waals surface area contributed by atoms with Crippen molar-refractivity contribution in [2.24, 2.45) is 0 Å². The first kappa shape index (κ1) is 22.2. The fourth-order valence-corrected chi connectivity index (χ4v) is 4.50. The molecule has 1 saturated carbocycles. The highest BCUT2D eigenvalue weighted by Crippen LogP contribution is 2.57. The summed E-state index contributed by atoms with van der Waals surface area (Å²) in [6.45, 7) is 3.12. The molecule has 0 aromatic heterocycles. The largest absolute Gasteiger partial charge is 0.493 e. The number of carboxylic acid groups (broad SMARTS) is 1. The van der Waals surface area contributed by atoms with E-state index in [1.54, 1.807) is 7.11 Å². The van der Waals surface area contributed by atoms with Gasteiger partial charge < -0.3 is 24.6 Å². The summed E-state index contributed by atoms with van der Waals surface area (Å²) in [6, 6.07) is 4.22. The smallest absolute Gasteiger partial charge is 0.300 e. The average Bonchev–Trinajstić information content (AvgIpc) is 2.88. The second kappa shape index (κ2) is 9.43. The molecule has 0 radical (unpaired) electrons. The van der Waals surface area contributed by atoms with Crippen LogP contribution in [0.15, 0.2) is 12.1 Å². The van der Waals surface area contributed by atoms with Crippen molar-refractivity contribution in [3.05, 3.63) is 23.3 Å². The Labute approximate surface area is 175 Å². The number of rotatable bonds is 1. The molecule has 3 atom stereocenters. The molecule has 2 heterocycles. The average molecular weight is 491 g/mol. The van der Waals surface area contributed by atoms with Crippen LogP contribution in [0.2, 0.25) is 0 Å². The van der Waals surface area contributed by atoms with Gasteiger partial charge in [0.25, 0.3) is 5.97 Å². The van der Waals surface area contributed by atoms with E-state index in [-0.39, 0.29) is 17.6 Å². The molecular weight excluding hydrogens is 461 g/mol. The fraction of sp³-hybridized carbons (Fsp3) is 0.650. The van der Waals surface area contributed by atoms with E-state index in [1.165, 1.54) is 11.1 Å². The number of halogens is 1. The Hall–Kier alpha value is -1.06. The predicted molar refractivity (Wildman–Crippen MR) is 113 cm³/mol. The van der Waals surface area contributed by atoms with E-state index in [4.69, 9.17) is 19.4 Å². The second-order valence-electron chi connectivity index (χ2n) is 7.33. The molecule has 6 nitrogen and oxygen atoms in total. The van der Waals surface area contributed by atoms with Crippen molar-refractivity contribution in [1.82, 2.24) is 4.90 Å². The Morgan fingerprint density at radius 1 is 1.37 bits per heavy atom. The molecule has 0 saturated heterocycles. The zero-order valence-corrected chi connectivity index (χ0v) is 18.7. The highest BCUT2D eigenvalue weighted by molar-refractivity contribution is 14.1. The van der Waals surface area contributed by atoms with Crippen LogP contribution < -0.4 is 9.47 Å². The molecule has 1 aromatic rings. The minimum Gasteiger partial charge on any atom is -0.493 e. The fourth-order valence-electron chi connectivity index (χ4n) is 4.50. The summed E-state index contributed by atoms with van der Waals surface area (Å²) in [7, 11) is 3.88. The van der Waals surface area contributed by atoms with Gasteiger partial charge >= 0.3 is 0 Å². The van der Waals surface area contributed by atoms with Gasteiger partial charge in [0.2, 0.25) is 0 Å². The number of nitrogens with zero attached hydrogens (tertiary/aromatic N) is 1. The van der Waals surface area contributed by atoms with Gasteiger partial charge in [0.1, 0.15) is 6.10 Å². The third-order valence-electron chi connectivity index (χ3n) is 5.59. The molecule has 1 spiro atoms. The Kier molecular flexibility index (Phi) is 7.76. The Morgan fingerprint density at radius 3 is 2.67 bits per heavy atom. The first-order chi connectivity index (χ1) is 12.9. The zero-order valence-electron chi connectivity index (χ0n) is 16.5. The van der Waals surface area contributed by atoms with Gasteiger partial charge in [0.05, 0.1) is 13.2 Å². The van der Waals surface area contributed by atoms with Gasteiger partial charge in [-0.2, -0.15) is 0 Å². The number of aliphatic hydroxyl groups excluding tert-OH is 1. The molecule has 4 rings (SSSR count). The Morgan fingerprint density at radius 2 is 2.04 bits per heavy atom. The minimum absolute atomic E-state index is 0.0726. The predicted octanol–water partition coefficient (Wildman–Crippen LogP) is 3.22. The van der Waals surface area contributed by atoms with Crippen molar-refractivity contribution in [1.29, 1.82) is 0 Å². The Balaban J connectivity index is 0.000000389. The van der Waals surface area contributed by atoms with Gasteiger partial charge in [-0.15, -0.1) is 0 Å². The maximum atomic E-state index is 10.1.